The molecule has 0 spiro atoms. The summed E-state index contributed by atoms with van der Waals surface area (Å²) in [4.78, 5) is 4.19. The van der Waals surface area contributed by atoms with Crippen LogP contribution in [0.4, 0.5) is 0 Å². The van der Waals surface area contributed by atoms with E-state index in [2.05, 4.69) is 4.98 Å². The van der Waals surface area contributed by atoms with Gasteiger partial charge in [-0.1, -0.05) is 48.0 Å². The largest absolute Gasteiger partial charge is 0.478 e. The van der Waals surface area contributed by atoms with Crippen LogP contribution in [0.15, 0.2) is 66.9 Å². The van der Waals surface area contributed by atoms with Gasteiger partial charge in [-0.15, -0.1) is 0 Å². The zero-order valence-corrected chi connectivity index (χ0v) is 12.2. The molecule has 0 saturated carbocycles. The highest BCUT2D eigenvalue weighted by molar-refractivity contribution is 6.17. The Morgan fingerprint density at radius 3 is 2.48 bits per heavy atom. The van der Waals surface area contributed by atoms with E-state index in [4.69, 9.17) is 21.4 Å². The lowest BCUT2D eigenvalue weighted by atomic mass is 10.2. The molecule has 2 aromatic carbocycles. The van der Waals surface area contributed by atoms with Crippen molar-refractivity contribution in [3.63, 3.8) is 0 Å². The number of ether oxygens (including phenoxy) is 1. The molecule has 0 radical (unpaired) electrons. The molecule has 0 atom stereocenters. The molecule has 21 heavy (non-hydrogen) atoms. The molecule has 1 N–H and O–H groups in total. The summed E-state index contributed by atoms with van der Waals surface area (Å²) in [6.45, 7) is 0.140. The van der Waals surface area contributed by atoms with Gasteiger partial charge in [0, 0.05) is 11.6 Å². The van der Waals surface area contributed by atoms with Crippen LogP contribution >= 0.6 is 11.6 Å². The summed E-state index contributed by atoms with van der Waals surface area (Å²) in [6.07, 6.45) is 1.77. The van der Waals surface area contributed by atoms with Crippen molar-refractivity contribution >= 4 is 22.5 Å². The van der Waals surface area contributed by atoms with Gasteiger partial charge >= 0.3 is 0 Å². The molecule has 4 heteroatoms. The van der Waals surface area contributed by atoms with E-state index in [0.717, 1.165) is 22.2 Å². The van der Waals surface area contributed by atoms with Crippen LogP contribution in [0.25, 0.3) is 10.9 Å². The highest BCUT2D eigenvalue weighted by Gasteiger charge is 1.96. The predicted octanol–water partition coefficient (Wildman–Crippen LogP) is 3.99. The summed E-state index contributed by atoms with van der Waals surface area (Å²) in [5, 5.41) is 9.60. The van der Waals surface area contributed by atoms with Gasteiger partial charge in [-0.05, 0) is 29.8 Å². The van der Waals surface area contributed by atoms with Crippen LogP contribution in [0.1, 0.15) is 5.56 Å². The molecule has 3 aromatic rings. The van der Waals surface area contributed by atoms with Gasteiger partial charge in [-0.25, -0.2) is 0 Å². The average Bonchev–Trinajstić information content (AvgIpc) is 2.56. The smallest absolute Gasteiger partial charge is 0.162 e. The Labute approximate surface area is 128 Å². The number of hydrogen-bond acceptors (Lipinski definition) is 3. The van der Waals surface area contributed by atoms with Crippen molar-refractivity contribution in [3.8, 4) is 5.75 Å². The summed E-state index contributed by atoms with van der Waals surface area (Å²) in [5.41, 5.74) is 1.93. The Hall–Kier alpha value is -2.10. The second-order valence-electron chi connectivity index (χ2n) is 4.26. The second kappa shape index (κ2) is 8.25. The lowest BCUT2D eigenvalue weighted by Crippen LogP contribution is -1.88. The molecule has 3 nitrogen and oxygen atoms in total. The number of nitrogens with zero attached hydrogens (tertiary/aromatic N) is 1. The van der Waals surface area contributed by atoms with Gasteiger partial charge in [-0.2, -0.15) is 0 Å². The van der Waals surface area contributed by atoms with Crippen LogP contribution < -0.4 is 4.74 Å². The van der Waals surface area contributed by atoms with Crippen molar-refractivity contribution < 1.29 is 9.84 Å². The van der Waals surface area contributed by atoms with Gasteiger partial charge in [-0.3, -0.25) is 4.98 Å². The molecule has 0 unspecified atom stereocenters. The summed E-state index contributed by atoms with van der Waals surface area (Å²) in [6, 6.07) is 19.3. The molecule has 0 aliphatic rings. The molecular weight excluding hydrogens is 286 g/mol. The Kier molecular flexibility index (Phi) is 6.00. The van der Waals surface area contributed by atoms with Crippen LogP contribution in [0, 0.1) is 0 Å². The number of aromatic nitrogens is 1. The van der Waals surface area contributed by atoms with Crippen molar-refractivity contribution in [1.29, 1.82) is 0 Å². The zero-order valence-electron chi connectivity index (χ0n) is 11.4. The quantitative estimate of drug-likeness (QED) is 0.744. The molecule has 0 amide bonds. The van der Waals surface area contributed by atoms with Crippen molar-refractivity contribution in [2.24, 2.45) is 0 Å². The maximum atomic E-state index is 8.54. The van der Waals surface area contributed by atoms with Crippen LogP contribution in [0.2, 0.25) is 0 Å². The third kappa shape index (κ3) is 4.74. The maximum absolute atomic E-state index is 8.54. The lowest BCUT2D eigenvalue weighted by Gasteiger charge is -2.02. The Morgan fingerprint density at radius 1 is 1.00 bits per heavy atom. The first-order valence-corrected chi connectivity index (χ1v) is 7.05. The van der Waals surface area contributed by atoms with Crippen molar-refractivity contribution in [1.82, 2.24) is 4.98 Å². The second-order valence-corrected chi connectivity index (χ2v) is 4.47. The van der Waals surface area contributed by atoms with Crippen molar-refractivity contribution in [3.05, 3.63) is 72.4 Å². The van der Waals surface area contributed by atoms with Gasteiger partial charge in [0.1, 0.15) is 5.75 Å². The lowest BCUT2D eigenvalue weighted by molar-refractivity contribution is 0.282. The number of halogens is 1. The third-order valence-electron chi connectivity index (χ3n) is 2.82. The summed E-state index contributed by atoms with van der Waals surface area (Å²) in [5.74, 6) is 0.774. The summed E-state index contributed by atoms with van der Waals surface area (Å²) >= 11 is 5.45. The molecule has 1 aromatic heterocycles. The summed E-state index contributed by atoms with van der Waals surface area (Å²) < 4.78 is 5.15. The SMILES string of the molecule is ClCOc1ccc2ncccc2c1.OCc1ccccc1. The van der Waals surface area contributed by atoms with E-state index in [-0.39, 0.29) is 12.7 Å². The topological polar surface area (TPSA) is 42.4 Å². The van der Waals surface area contributed by atoms with Crippen LogP contribution in [0.5, 0.6) is 5.75 Å². The van der Waals surface area contributed by atoms with Gasteiger partial charge in [0.25, 0.3) is 0 Å². The minimum absolute atomic E-state index is 0.140. The minimum atomic E-state index is 0.140. The van der Waals surface area contributed by atoms with E-state index in [1.54, 1.807) is 6.20 Å². The first-order valence-electron chi connectivity index (χ1n) is 6.52. The van der Waals surface area contributed by atoms with Crippen molar-refractivity contribution in [2.45, 2.75) is 6.61 Å². The molecule has 0 aliphatic carbocycles. The highest BCUT2D eigenvalue weighted by Crippen LogP contribution is 2.18. The number of benzene rings is 2. The Bertz CT molecular complexity index is 674. The molecule has 0 saturated heterocycles. The van der Waals surface area contributed by atoms with E-state index in [9.17, 15) is 0 Å². The van der Waals surface area contributed by atoms with Crippen LogP contribution in [0.3, 0.4) is 0 Å². The van der Waals surface area contributed by atoms with Gasteiger partial charge in [0.05, 0.1) is 12.1 Å². The minimum Gasteiger partial charge on any atom is -0.478 e. The number of fused-ring (bicyclic) bond motifs is 1. The predicted molar refractivity (Wildman–Crippen MR) is 85.5 cm³/mol. The number of pyridine rings is 1. The number of aliphatic hydroxyl groups excluding tert-OH is 1. The van der Waals surface area contributed by atoms with Gasteiger partial charge in [0.15, 0.2) is 6.07 Å². The molecule has 1 heterocycles. The number of alkyl halides is 1. The fraction of sp³-hybridized carbons (Fsp3) is 0.118. The third-order valence-corrected chi connectivity index (χ3v) is 2.93. The molecular formula is C17H16ClNO2. The molecule has 0 fully saturated rings. The number of rotatable bonds is 3. The molecule has 0 bridgehead atoms. The molecule has 0 aliphatic heterocycles. The van der Waals surface area contributed by atoms with E-state index in [0.29, 0.717) is 0 Å². The van der Waals surface area contributed by atoms with Crippen molar-refractivity contribution in [2.75, 3.05) is 6.07 Å². The number of hydrogen-bond donors (Lipinski definition) is 1. The van der Waals surface area contributed by atoms with Gasteiger partial charge < -0.3 is 9.84 Å². The fourth-order valence-corrected chi connectivity index (χ4v) is 1.92. The zero-order chi connectivity index (χ0) is 14.9. The molecule has 3 rings (SSSR count). The Morgan fingerprint density at radius 2 is 1.81 bits per heavy atom. The fourth-order valence-electron chi connectivity index (χ4n) is 1.79. The van der Waals surface area contributed by atoms with E-state index in [1.165, 1.54) is 0 Å². The van der Waals surface area contributed by atoms with E-state index < -0.39 is 0 Å². The standard InChI is InChI=1S/C10H8ClNO.C7H8O/c11-7-13-9-3-4-10-8(6-9)2-1-5-12-10;8-6-7-4-2-1-3-5-7/h1-6H,7H2;1-5,8H,6H2. The maximum Gasteiger partial charge on any atom is 0.162 e. The number of aliphatic hydroxyl groups is 1. The van der Waals surface area contributed by atoms with E-state index in [1.807, 2.05) is 60.7 Å². The van der Waals surface area contributed by atoms with E-state index >= 15 is 0 Å². The molecule has 108 valence electrons. The monoisotopic (exact) mass is 301 g/mol. The Balaban J connectivity index is 0.000000173. The first kappa shape index (κ1) is 15.3. The van der Waals surface area contributed by atoms with Crippen LogP contribution in [-0.4, -0.2) is 16.2 Å². The highest BCUT2D eigenvalue weighted by atomic mass is 35.5. The first-order chi connectivity index (χ1) is 10.3. The van der Waals surface area contributed by atoms with Gasteiger partial charge in [0.2, 0.25) is 0 Å². The average molecular weight is 302 g/mol. The summed E-state index contributed by atoms with van der Waals surface area (Å²) in [7, 11) is 0. The normalized spacial score (nSPS) is 9.81. The van der Waals surface area contributed by atoms with Crippen LogP contribution in [-0.2, 0) is 6.61 Å².